The van der Waals surface area contributed by atoms with Gasteiger partial charge in [-0.25, -0.2) is 4.79 Å². The Kier molecular flexibility index (Phi) is 2.74. The maximum Gasteiger partial charge on any atom is 0.326 e. The van der Waals surface area contributed by atoms with E-state index in [1.54, 1.807) is 0 Å². The summed E-state index contributed by atoms with van der Waals surface area (Å²) in [6.07, 6.45) is 1.06. The predicted octanol–water partition coefficient (Wildman–Crippen LogP) is 1.98. The molecule has 1 atom stereocenters. The number of fused-ring (bicyclic) bond motifs is 1. The molecule has 18 heavy (non-hydrogen) atoms. The number of benzene rings is 1. The van der Waals surface area contributed by atoms with Crippen molar-refractivity contribution in [3.63, 3.8) is 0 Å². The molecule has 1 N–H and O–H groups in total. The van der Waals surface area contributed by atoms with Gasteiger partial charge in [-0.2, -0.15) is 0 Å². The predicted molar refractivity (Wildman–Crippen MR) is 72.9 cm³/mol. The van der Waals surface area contributed by atoms with Crippen LogP contribution in [0.5, 0.6) is 0 Å². The van der Waals surface area contributed by atoms with Crippen molar-refractivity contribution < 1.29 is 0 Å². The van der Waals surface area contributed by atoms with Crippen LogP contribution in [0.15, 0.2) is 29.1 Å². The number of nitrogens with zero attached hydrogens (tertiary/aromatic N) is 2. The molecule has 0 saturated carbocycles. The average Bonchev–Trinajstić information content (AvgIpc) is 2.91. The van der Waals surface area contributed by atoms with Crippen LogP contribution in [0.2, 0.25) is 0 Å². The summed E-state index contributed by atoms with van der Waals surface area (Å²) in [5.74, 6) is 0. The van der Waals surface area contributed by atoms with Crippen molar-refractivity contribution >= 4 is 11.0 Å². The molecule has 1 aliphatic rings. The van der Waals surface area contributed by atoms with Gasteiger partial charge in [-0.15, -0.1) is 0 Å². The van der Waals surface area contributed by atoms with E-state index in [0.29, 0.717) is 12.1 Å². The number of rotatable bonds is 2. The molecular weight excluding hydrogens is 226 g/mol. The molecule has 4 nitrogen and oxygen atoms in total. The Balaban J connectivity index is 2.00. The van der Waals surface area contributed by atoms with Gasteiger partial charge in [0.1, 0.15) is 0 Å². The summed E-state index contributed by atoms with van der Waals surface area (Å²) >= 11 is 0. The Labute approximate surface area is 106 Å². The summed E-state index contributed by atoms with van der Waals surface area (Å²) in [5.41, 5.74) is 1.98. The van der Waals surface area contributed by atoms with Crippen molar-refractivity contribution in [3.05, 3.63) is 34.7 Å². The smallest absolute Gasteiger partial charge is 0.306 e. The molecule has 1 fully saturated rings. The lowest BCUT2D eigenvalue weighted by Crippen LogP contribution is -2.30. The number of aromatic nitrogens is 2. The molecule has 2 heterocycles. The van der Waals surface area contributed by atoms with E-state index in [1.807, 2.05) is 28.8 Å². The van der Waals surface area contributed by atoms with Gasteiger partial charge in [0.15, 0.2) is 0 Å². The SMILES string of the molecule is CC(C)N1CCC(n2c(=O)[nH]c3ccccc32)C1. The first-order valence-corrected chi connectivity index (χ1v) is 6.60. The third-order valence-electron chi connectivity index (χ3n) is 3.91. The fourth-order valence-electron chi connectivity index (χ4n) is 2.88. The van der Waals surface area contributed by atoms with Crippen molar-refractivity contribution in [2.75, 3.05) is 13.1 Å². The Hall–Kier alpha value is -1.55. The molecule has 0 amide bonds. The third-order valence-corrected chi connectivity index (χ3v) is 3.91. The largest absolute Gasteiger partial charge is 0.326 e. The molecule has 3 rings (SSSR count). The van der Waals surface area contributed by atoms with Crippen LogP contribution in [0.4, 0.5) is 0 Å². The van der Waals surface area contributed by atoms with Gasteiger partial charge >= 0.3 is 5.69 Å². The molecule has 1 aliphatic heterocycles. The van der Waals surface area contributed by atoms with E-state index < -0.39 is 0 Å². The second-order valence-electron chi connectivity index (χ2n) is 5.35. The minimum absolute atomic E-state index is 0.0202. The zero-order valence-corrected chi connectivity index (χ0v) is 10.9. The van der Waals surface area contributed by atoms with E-state index in [0.717, 1.165) is 30.5 Å². The number of imidazole rings is 1. The van der Waals surface area contributed by atoms with Crippen molar-refractivity contribution in [1.82, 2.24) is 14.5 Å². The van der Waals surface area contributed by atoms with Crippen LogP contribution < -0.4 is 5.69 Å². The van der Waals surface area contributed by atoms with Crippen LogP contribution in [0.1, 0.15) is 26.3 Å². The van der Waals surface area contributed by atoms with Crippen molar-refractivity contribution in [2.24, 2.45) is 0 Å². The highest BCUT2D eigenvalue weighted by Crippen LogP contribution is 2.25. The van der Waals surface area contributed by atoms with Gasteiger partial charge in [-0.3, -0.25) is 9.47 Å². The minimum atomic E-state index is 0.0202. The summed E-state index contributed by atoms with van der Waals surface area (Å²) in [5, 5.41) is 0. The Morgan fingerprint density at radius 2 is 2.11 bits per heavy atom. The molecule has 4 heteroatoms. The molecule has 1 aromatic carbocycles. The van der Waals surface area contributed by atoms with Gasteiger partial charge in [0, 0.05) is 19.1 Å². The highest BCUT2D eigenvalue weighted by atomic mass is 16.1. The molecule has 0 spiro atoms. The van der Waals surface area contributed by atoms with E-state index in [-0.39, 0.29) is 5.69 Å². The third kappa shape index (κ3) is 1.77. The fraction of sp³-hybridized carbons (Fsp3) is 0.500. The number of hydrogen-bond acceptors (Lipinski definition) is 2. The number of nitrogens with one attached hydrogen (secondary N) is 1. The molecular formula is C14H19N3O. The van der Waals surface area contributed by atoms with Crippen LogP contribution in [-0.2, 0) is 0 Å². The molecule has 0 aliphatic carbocycles. The summed E-state index contributed by atoms with van der Waals surface area (Å²) in [6, 6.07) is 8.78. The number of aromatic amines is 1. The number of H-pyrrole nitrogens is 1. The summed E-state index contributed by atoms with van der Waals surface area (Å²) in [7, 11) is 0. The fourth-order valence-corrected chi connectivity index (χ4v) is 2.88. The van der Waals surface area contributed by atoms with Gasteiger partial charge in [0.2, 0.25) is 0 Å². The first-order chi connectivity index (χ1) is 8.66. The lowest BCUT2D eigenvalue weighted by atomic mass is 10.2. The van der Waals surface area contributed by atoms with E-state index in [2.05, 4.69) is 23.7 Å². The highest BCUT2D eigenvalue weighted by molar-refractivity contribution is 5.75. The Morgan fingerprint density at radius 1 is 1.33 bits per heavy atom. The van der Waals surface area contributed by atoms with E-state index in [9.17, 15) is 4.79 Å². The second-order valence-corrected chi connectivity index (χ2v) is 5.35. The monoisotopic (exact) mass is 245 g/mol. The zero-order valence-electron chi connectivity index (χ0n) is 10.9. The quantitative estimate of drug-likeness (QED) is 0.879. The van der Waals surface area contributed by atoms with Crippen LogP contribution in [0.3, 0.4) is 0 Å². The van der Waals surface area contributed by atoms with Crippen LogP contribution >= 0.6 is 0 Å². The molecule has 1 aromatic heterocycles. The van der Waals surface area contributed by atoms with Crippen LogP contribution in [0.25, 0.3) is 11.0 Å². The zero-order chi connectivity index (χ0) is 12.7. The molecule has 1 saturated heterocycles. The van der Waals surface area contributed by atoms with Gasteiger partial charge < -0.3 is 4.98 Å². The Morgan fingerprint density at radius 3 is 2.83 bits per heavy atom. The first kappa shape index (κ1) is 11.5. The summed E-state index contributed by atoms with van der Waals surface area (Å²) < 4.78 is 1.93. The van der Waals surface area contributed by atoms with Crippen molar-refractivity contribution in [3.8, 4) is 0 Å². The number of para-hydroxylation sites is 2. The maximum atomic E-state index is 12.1. The Bertz CT molecular complexity index is 611. The average molecular weight is 245 g/mol. The molecule has 2 aromatic rings. The lowest BCUT2D eigenvalue weighted by Gasteiger charge is -2.20. The maximum absolute atomic E-state index is 12.1. The van der Waals surface area contributed by atoms with Gasteiger partial charge in [0.05, 0.1) is 17.1 Å². The highest BCUT2D eigenvalue weighted by Gasteiger charge is 2.27. The number of likely N-dealkylation sites (tertiary alicyclic amines) is 1. The molecule has 0 radical (unpaired) electrons. The number of hydrogen-bond donors (Lipinski definition) is 1. The van der Waals surface area contributed by atoms with Gasteiger partial charge in [0.25, 0.3) is 0 Å². The van der Waals surface area contributed by atoms with Crippen LogP contribution in [-0.4, -0.2) is 33.6 Å². The molecule has 0 bridgehead atoms. The minimum Gasteiger partial charge on any atom is -0.306 e. The van der Waals surface area contributed by atoms with Gasteiger partial charge in [-0.05, 0) is 32.4 Å². The normalized spacial score (nSPS) is 21.2. The lowest BCUT2D eigenvalue weighted by molar-refractivity contribution is 0.265. The van der Waals surface area contributed by atoms with E-state index in [4.69, 9.17) is 0 Å². The van der Waals surface area contributed by atoms with Crippen molar-refractivity contribution in [1.29, 1.82) is 0 Å². The summed E-state index contributed by atoms with van der Waals surface area (Å²) in [4.78, 5) is 17.5. The topological polar surface area (TPSA) is 41.0 Å². The summed E-state index contributed by atoms with van der Waals surface area (Å²) in [6.45, 7) is 6.47. The first-order valence-electron chi connectivity index (χ1n) is 6.60. The second kappa shape index (κ2) is 4.28. The van der Waals surface area contributed by atoms with Crippen molar-refractivity contribution in [2.45, 2.75) is 32.4 Å². The standard InChI is InChI=1S/C14H19N3O/c1-10(2)16-8-7-11(9-16)17-13-6-4-3-5-12(13)15-14(17)18/h3-6,10-11H,7-9H2,1-2H3,(H,15,18). The van der Waals surface area contributed by atoms with Crippen LogP contribution in [0, 0.1) is 0 Å². The van der Waals surface area contributed by atoms with Gasteiger partial charge in [-0.1, -0.05) is 12.1 Å². The molecule has 1 unspecified atom stereocenters. The van der Waals surface area contributed by atoms with E-state index >= 15 is 0 Å². The van der Waals surface area contributed by atoms with E-state index in [1.165, 1.54) is 0 Å². The molecule has 96 valence electrons.